The van der Waals surface area contributed by atoms with Gasteiger partial charge in [0.05, 0.1) is 5.92 Å². The van der Waals surface area contributed by atoms with Gasteiger partial charge in [-0.3, -0.25) is 4.79 Å². The zero-order chi connectivity index (χ0) is 11.9. The van der Waals surface area contributed by atoms with E-state index in [2.05, 4.69) is 0 Å². The van der Waals surface area contributed by atoms with Crippen molar-refractivity contribution in [1.82, 2.24) is 0 Å². The highest BCUT2D eigenvalue weighted by Gasteiger charge is 2.21. The highest BCUT2D eigenvalue weighted by molar-refractivity contribution is 5.72. The molecule has 1 aromatic carbocycles. The van der Waals surface area contributed by atoms with Crippen LogP contribution >= 0.6 is 0 Å². The molecule has 1 aromatic rings. The van der Waals surface area contributed by atoms with E-state index >= 15 is 0 Å². The number of carbonyl (C=O) groups excluding carboxylic acids is 1. The molecule has 0 unspecified atom stereocenters. The third kappa shape index (κ3) is 3.88. The highest BCUT2D eigenvalue weighted by atomic mass is 16.5. The van der Waals surface area contributed by atoms with Crippen molar-refractivity contribution in [2.24, 2.45) is 5.92 Å². The molecule has 0 saturated heterocycles. The monoisotopic (exact) mass is 232 g/mol. The molecule has 1 saturated carbocycles. The van der Waals surface area contributed by atoms with Gasteiger partial charge in [-0.1, -0.05) is 56.0 Å². The fourth-order valence-electron chi connectivity index (χ4n) is 2.36. The van der Waals surface area contributed by atoms with Gasteiger partial charge in [0.2, 0.25) is 0 Å². The van der Waals surface area contributed by atoms with Crippen LogP contribution < -0.4 is 0 Å². The molecule has 1 fully saturated rings. The molecule has 0 spiro atoms. The topological polar surface area (TPSA) is 26.3 Å². The molecule has 2 rings (SSSR count). The number of ether oxygens (including phenoxy) is 1. The van der Waals surface area contributed by atoms with Crippen LogP contribution in [0.2, 0.25) is 0 Å². The molecule has 1 aliphatic carbocycles. The molecule has 2 heteroatoms. The minimum atomic E-state index is -0.00393. The lowest BCUT2D eigenvalue weighted by molar-refractivity contribution is -0.150. The summed E-state index contributed by atoms with van der Waals surface area (Å²) in [5, 5.41) is 0. The third-order valence-corrected chi connectivity index (χ3v) is 3.41. The molecule has 0 aromatic heterocycles. The minimum Gasteiger partial charge on any atom is -0.461 e. The molecule has 0 heterocycles. The fraction of sp³-hybridized carbons (Fsp3) is 0.533. The van der Waals surface area contributed by atoms with E-state index in [4.69, 9.17) is 4.74 Å². The van der Waals surface area contributed by atoms with Crippen LogP contribution in [0.3, 0.4) is 0 Å². The van der Waals surface area contributed by atoms with E-state index in [9.17, 15) is 4.79 Å². The smallest absolute Gasteiger partial charge is 0.309 e. The predicted octanol–water partition coefficient (Wildman–Crippen LogP) is 3.70. The fourth-order valence-corrected chi connectivity index (χ4v) is 2.36. The van der Waals surface area contributed by atoms with Crippen molar-refractivity contribution in [2.75, 3.05) is 0 Å². The first-order valence-corrected chi connectivity index (χ1v) is 6.57. The Bertz CT molecular complexity index is 337. The maximum atomic E-state index is 11.9. The Morgan fingerprint density at radius 3 is 2.35 bits per heavy atom. The van der Waals surface area contributed by atoms with E-state index in [1.165, 1.54) is 25.7 Å². The molecule has 0 atom stereocenters. The molecule has 0 bridgehead atoms. The van der Waals surface area contributed by atoms with Gasteiger partial charge in [0.25, 0.3) is 0 Å². The van der Waals surface area contributed by atoms with Gasteiger partial charge >= 0.3 is 5.97 Å². The van der Waals surface area contributed by atoms with E-state index < -0.39 is 0 Å². The van der Waals surface area contributed by atoms with Gasteiger partial charge in [0.1, 0.15) is 6.61 Å². The highest BCUT2D eigenvalue weighted by Crippen LogP contribution is 2.24. The molecule has 17 heavy (non-hydrogen) atoms. The molecule has 0 radical (unpaired) electrons. The molecular formula is C15H20O2. The number of rotatable bonds is 3. The van der Waals surface area contributed by atoms with Gasteiger partial charge < -0.3 is 4.74 Å². The second-order valence-electron chi connectivity index (χ2n) is 4.78. The molecule has 0 N–H and O–H groups in total. The van der Waals surface area contributed by atoms with Crippen LogP contribution in [0.25, 0.3) is 0 Å². The summed E-state index contributed by atoms with van der Waals surface area (Å²) in [6.07, 6.45) is 6.89. The van der Waals surface area contributed by atoms with Crippen LogP contribution in [-0.2, 0) is 16.1 Å². The van der Waals surface area contributed by atoms with Crippen molar-refractivity contribution >= 4 is 5.97 Å². The van der Waals surface area contributed by atoms with Gasteiger partial charge in [0, 0.05) is 0 Å². The number of benzene rings is 1. The maximum Gasteiger partial charge on any atom is 0.309 e. The van der Waals surface area contributed by atoms with E-state index in [1.807, 2.05) is 30.3 Å². The molecule has 2 nitrogen and oxygen atoms in total. The molecule has 92 valence electrons. The summed E-state index contributed by atoms with van der Waals surface area (Å²) in [7, 11) is 0. The van der Waals surface area contributed by atoms with E-state index in [1.54, 1.807) is 0 Å². The Morgan fingerprint density at radius 2 is 1.71 bits per heavy atom. The Labute approximate surface area is 103 Å². The van der Waals surface area contributed by atoms with Crippen LogP contribution in [0.4, 0.5) is 0 Å². The zero-order valence-corrected chi connectivity index (χ0v) is 10.2. The summed E-state index contributed by atoms with van der Waals surface area (Å²) in [6.45, 7) is 0.413. The summed E-state index contributed by atoms with van der Waals surface area (Å²) in [5.74, 6) is 0.136. The van der Waals surface area contributed by atoms with Crippen molar-refractivity contribution in [3.63, 3.8) is 0 Å². The van der Waals surface area contributed by atoms with Crippen molar-refractivity contribution in [3.8, 4) is 0 Å². The zero-order valence-electron chi connectivity index (χ0n) is 10.2. The first-order chi connectivity index (χ1) is 8.36. The standard InChI is InChI=1S/C15H20O2/c16-15(14-10-6-1-2-7-11-14)17-12-13-8-4-3-5-9-13/h3-5,8-9,14H,1-2,6-7,10-12H2. The number of carbonyl (C=O) groups is 1. The minimum absolute atomic E-state index is 0.00393. The quantitative estimate of drug-likeness (QED) is 0.586. The second-order valence-corrected chi connectivity index (χ2v) is 4.78. The van der Waals surface area contributed by atoms with Crippen molar-refractivity contribution < 1.29 is 9.53 Å². The van der Waals surface area contributed by atoms with Gasteiger partial charge in [-0.15, -0.1) is 0 Å². The summed E-state index contributed by atoms with van der Waals surface area (Å²) in [6, 6.07) is 9.88. The maximum absolute atomic E-state index is 11.9. The number of hydrogen-bond donors (Lipinski definition) is 0. The Hall–Kier alpha value is -1.31. The van der Waals surface area contributed by atoms with Gasteiger partial charge in [-0.2, -0.15) is 0 Å². The van der Waals surface area contributed by atoms with Crippen LogP contribution in [0.15, 0.2) is 30.3 Å². The Kier molecular flexibility index (Phi) is 4.60. The second kappa shape index (κ2) is 6.43. The molecule has 0 aliphatic heterocycles. The summed E-state index contributed by atoms with van der Waals surface area (Å²) in [5.41, 5.74) is 1.06. The lowest BCUT2D eigenvalue weighted by Crippen LogP contribution is -2.17. The Balaban J connectivity index is 1.80. The molecule has 0 amide bonds. The summed E-state index contributed by atoms with van der Waals surface area (Å²) in [4.78, 5) is 11.9. The first-order valence-electron chi connectivity index (χ1n) is 6.57. The summed E-state index contributed by atoms with van der Waals surface area (Å²) >= 11 is 0. The number of hydrogen-bond acceptors (Lipinski definition) is 2. The van der Waals surface area contributed by atoms with Crippen molar-refractivity contribution in [2.45, 2.75) is 45.1 Å². The van der Waals surface area contributed by atoms with Crippen molar-refractivity contribution in [3.05, 3.63) is 35.9 Å². The van der Waals surface area contributed by atoms with Crippen LogP contribution in [0.5, 0.6) is 0 Å². The van der Waals surface area contributed by atoms with Crippen LogP contribution in [0, 0.1) is 5.92 Å². The average Bonchev–Trinajstić information content (AvgIpc) is 2.66. The normalized spacial score (nSPS) is 17.4. The molecular weight excluding hydrogens is 212 g/mol. The molecule has 1 aliphatic rings. The number of esters is 1. The first kappa shape index (κ1) is 12.2. The Morgan fingerprint density at radius 1 is 1.06 bits per heavy atom. The average molecular weight is 232 g/mol. The van der Waals surface area contributed by atoms with E-state index in [0.717, 1.165) is 18.4 Å². The lowest BCUT2D eigenvalue weighted by atomic mass is 10.0. The summed E-state index contributed by atoms with van der Waals surface area (Å²) < 4.78 is 5.38. The lowest BCUT2D eigenvalue weighted by Gasteiger charge is -2.13. The van der Waals surface area contributed by atoms with Gasteiger partial charge in [0.15, 0.2) is 0 Å². The van der Waals surface area contributed by atoms with Crippen LogP contribution in [0.1, 0.15) is 44.1 Å². The van der Waals surface area contributed by atoms with E-state index in [0.29, 0.717) is 6.61 Å². The largest absolute Gasteiger partial charge is 0.461 e. The van der Waals surface area contributed by atoms with Gasteiger partial charge in [-0.05, 0) is 18.4 Å². The van der Waals surface area contributed by atoms with Gasteiger partial charge in [-0.25, -0.2) is 0 Å². The SMILES string of the molecule is O=C(OCc1ccccc1)C1CCCCCC1. The third-order valence-electron chi connectivity index (χ3n) is 3.41. The predicted molar refractivity (Wildman–Crippen MR) is 67.4 cm³/mol. The van der Waals surface area contributed by atoms with E-state index in [-0.39, 0.29) is 11.9 Å². The van der Waals surface area contributed by atoms with Crippen LogP contribution in [-0.4, -0.2) is 5.97 Å². The van der Waals surface area contributed by atoms with Crippen molar-refractivity contribution in [1.29, 1.82) is 0 Å².